The molecule has 1 fully saturated rings. The lowest BCUT2D eigenvalue weighted by Crippen LogP contribution is -2.48. The molecule has 17 heavy (non-hydrogen) atoms. The van der Waals surface area contributed by atoms with Crippen LogP contribution in [0.3, 0.4) is 0 Å². The van der Waals surface area contributed by atoms with E-state index < -0.39 is 11.5 Å². The predicted molar refractivity (Wildman–Crippen MR) is 62.0 cm³/mol. The largest absolute Gasteiger partial charge is 0.480 e. The molecule has 0 spiro atoms. The van der Waals surface area contributed by atoms with E-state index in [4.69, 9.17) is 4.42 Å². The summed E-state index contributed by atoms with van der Waals surface area (Å²) in [5, 5.41) is 20.5. The first-order valence-electron chi connectivity index (χ1n) is 5.45. The molecule has 2 atom stereocenters. The van der Waals surface area contributed by atoms with E-state index in [1.807, 2.05) is 0 Å². The van der Waals surface area contributed by atoms with Gasteiger partial charge in [-0.3, -0.25) is 4.79 Å². The molecule has 6 nitrogen and oxygen atoms in total. The number of hydrogen-bond donors (Lipinski definition) is 2. The van der Waals surface area contributed by atoms with Crippen molar-refractivity contribution in [3.8, 4) is 0 Å². The fourth-order valence-corrected chi connectivity index (χ4v) is 3.24. The van der Waals surface area contributed by atoms with Crippen molar-refractivity contribution in [3.63, 3.8) is 0 Å². The number of carbonyl (C=O) groups is 1. The number of thioether (sulfide) groups is 1. The van der Waals surface area contributed by atoms with Crippen molar-refractivity contribution in [1.29, 1.82) is 0 Å². The highest BCUT2D eigenvalue weighted by Crippen LogP contribution is 2.39. The molecule has 1 aromatic heterocycles. The van der Waals surface area contributed by atoms with E-state index in [0.29, 0.717) is 24.0 Å². The third-order valence-electron chi connectivity index (χ3n) is 3.13. The number of aromatic nitrogens is 2. The number of carboxylic acids is 1. The van der Waals surface area contributed by atoms with Crippen LogP contribution in [0.15, 0.2) is 9.64 Å². The molecular weight excluding hydrogens is 242 g/mol. The third kappa shape index (κ3) is 2.44. The van der Waals surface area contributed by atoms with Crippen LogP contribution >= 0.6 is 11.8 Å². The topological polar surface area (TPSA) is 88.2 Å². The number of hydrogen-bond acceptors (Lipinski definition) is 6. The zero-order valence-electron chi connectivity index (χ0n) is 9.77. The molecule has 0 radical (unpaired) electrons. The lowest BCUT2D eigenvalue weighted by Gasteiger charge is -2.23. The highest BCUT2D eigenvalue weighted by Gasteiger charge is 2.45. The van der Waals surface area contributed by atoms with Crippen LogP contribution in [0.2, 0.25) is 0 Å². The van der Waals surface area contributed by atoms with Gasteiger partial charge in [0.15, 0.2) is 0 Å². The smallest absolute Gasteiger partial charge is 0.323 e. The van der Waals surface area contributed by atoms with Gasteiger partial charge in [-0.25, -0.2) is 0 Å². The average molecular weight is 257 g/mol. The average Bonchev–Trinajstić information content (AvgIpc) is 2.87. The van der Waals surface area contributed by atoms with E-state index in [9.17, 15) is 9.90 Å². The van der Waals surface area contributed by atoms with Crippen LogP contribution in [0, 0.1) is 6.92 Å². The molecule has 1 aromatic rings. The lowest BCUT2D eigenvalue weighted by atomic mass is 9.99. The molecular formula is C10H15N3O3S. The van der Waals surface area contributed by atoms with E-state index in [1.54, 1.807) is 14.0 Å². The number of aliphatic carboxylic acids is 1. The third-order valence-corrected chi connectivity index (χ3v) is 4.23. The van der Waals surface area contributed by atoms with Crippen molar-refractivity contribution in [2.45, 2.75) is 42.2 Å². The van der Waals surface area contributed by atoms with Gasteiger partial charge in [-0.15, -0.1) is 10.2 Å². The van der Waals surface area contributed by atoms with Gasteiger partial charge >= 0.3 is 5.97 Å². The Labute approximate surface area is 103 Å². The van der Waals surface area contributed by atoms with Crippen molar-refractivity contribution in [3.05, 3.63) is 5.89 Å². The Balaban J connectivity index is 2.00. The number of nitrogens with one attached hydrogen (secondary N) is 1. The Bertz CT molecular complexity index is 423. The molecule has 0 aromatic carbocycles. The van der Waals surface area contributed by atoms with Gasteiger partial charge in [0.25, 0.3) is 5.22 Å². The van der Waals surface area contributed by atoms with Crippen LogP contribution < -0.4 is 5.32 Å². The lowest BCUT2D eigenvalue weighted by molar-refractivity contribution is -0.144. The van der Waals surface area contributed by atoms with Crippen molar-refractivity contribution < 1.29 is 14.3 Å². The van der Waals surface area contributed by atoms with E-state index in [-0.39, 0.29) is 5.25 Å². The summed E-state index contributed by atoms with van der Waals surface area (Å²) in [6, 6.07) is 0. The van der Waals surface area contributed by atoms with Crippen molar-refractivity contribution >= 4 is 17.7 Å². The Hall–Kier alpha value is -1.08. The molecule has 7 heteroatoms. The van der Waals surface area contributed by atoms with E-state index in [0.717, 1.165) is 6.42 Å². The van der Waals surface area contributed by atoms with Crippen molar-refractivity contribution in [2.75, 3.05) is 7.05 Å². The second kappa shape index (κ2) is 4.66. The van der Waals surface area contributed by atoms with Crippen LogP contribution in [0.4, 0.5) is 0 Å². The molecule has 2 unspecified atom stereocenters. The molecule has 2 N–H and O–H groups in total. The molecule has 0 saturated heterocycles. The van der Waals surface area contributed by atoms with E-state index >= 15 is 0 Å². The fourth-order valence-electron chi connectivity index (χ4n) is 2.10. The van der Waals surface area contributed by atoms with Crippen LogP contribution in [0.1, 0.15) is 25.2 Å². The van der Waals surface area contributed by atoms with Crippen LogP contribution in [0.25, 0.3) is 0 Å². The number of nitrogens with zero attached hydrogens (tertiary/aromatic N) is 2. The molecule has 0 bridgehead atoms. The summed E-state index contributed by atoms with van der Waals surface area (Å²) in [6.45, 7) is 1.74. The molecule has 0 amide bonds. The van der Waals surface area contributed by atoms with Gasteiger partial charge in [0, 0.05) is 12.2 Å². The standard InChI is InChI=1S/C10H15N3O3S/c1-6-12-13-9(16-6)17-7-3-4-10(5-7,11-2)8(14)15/h7,11H,3-5H2,1-2H3,(H,14,15). The molecule has 94 valence electrons. The minimum Gasteiger partial charge on any atom is -0.480 e. The van der Waals surface area contributed by atoms with Crippen LogP contribution in [0.5, 0.6) is 0 Å². The predicted octanol–water partition coefficient (Wildman–Crippen LogP) is 1.07. The summed E-state index contributed by atoms with van der Waals surface area (Å²) < 4.78 is 5.28. The van der Waals surface area contributed by atoms with E-state index in [2.05, 4.69) is 15.5 Å². The van der Waals surface area contributed by atoms with E-state index in [1.165, 1.54) is 11.8 Å². The molecule has 1 heterocycles. The normalized spacial score (nSPS) is 28.5. The minimum atomic E-state index is -0.799. The van der Waals surface area contributed by atoms with Gasteiger partial charge in [-0.1, -0.05) is 11.8 Å². The molecule has 1 aliphatic carbocycles. The fraction of sp³-hybridized carbons (Fsp3) is 0.700. The first-order valence-corrected chi connectivity index (χ1v) is 6.33. The Kier molecular flexibility index (Phi) is 3.39. The van der Waals surface area contributed by atoms with Crippen molar-refractivity contribution in [2.24, 2.45) is 0 Å². The first-order chi connectivity index (χ1) is 8.05. The highest BCUT2D eigenvalue weighted by atomic mass is 32.2. The maximum atomic E-state index is 11.2. The number of aryl methyl sites for hydroxylation is 1. The minimum absolute atomic E-state index is 0.207. The zero-order valence-corrected chi connectivity index (χ0v) is 10.6. The maximum absolute atomic E-state index is 11.2. The Morgan fingerprint density at radius 1 is 1.65 bits per heavy atom. The number of likely N-dealkylation sites (N-methyl/N-ethyl adjacent to an activating group) is 1. The SMILES string of the molecule is CNC1(C(=O)O)CCC(Sc2nnc(C)o2)C1. The van der Waals surface area contributed by atoms with Gasteiger partial charge in [0.05, 0.1) is 0 Å². The Morgan fingerprint density at radius 3 is 2.88 bits per heavy atom. The number of rotatable bonds is 4. The summed E-state index contributed by atoms with van der Waals surface area (Å²) in [6.07, 6.45) is 2.04. The van der Waals surface area contributed by atoms with Gasteiger partial charge in [-0.05, 0) is 26.3 Å². The molecule has 1 saturated carbocycles. The summed E-state index contributed by atoms with van der Waals surface area (Å²) in [4.78, 5) is 11.2. The van der Waals surface area contributed by atoms with Gasteiger partial charge in [0.1, 0.15) is 5.54 Å². The molecule has 1 aliphatic rings. The van der Waals surface area contributed by atoms with Gasteiger partial charge < -0.3 is 14.8 Å². The number of carboxylic acid groups (broad SMARTS) is 1. The maximum Gasteiger partial charge on any atom is 0.323 e. The van der Waals surface area contributed by atoms with Gasteiger partial charge in [0.2, 0.25) is 5.89 Å². The second-order valence-corrected chi connectivity index (χ2v) is 5.46. The monoisotopic (exact) mass is 257 g/mol. The summed E-state index contributed by atoms with van der Waals surface area (Å²) in [7, 11) is 1.69. The van der Waals surface area contributed by atoms with Gasteiger partial charge in [-0.2, -0.15) is 0 Å². The zero-order chi connectivity index (χ0) is 12.5. The molecule has 0 aliphatic heterocycles. The van der Waals surface area contributed by atoms with Crippen molar-refractivity contribution in [1.82, 2.24) is 15.5 Å². The highest BCUT2D eigenvalue weighted by molar-refractivity contribution is 7.99. The second-order valence-electron chi connectivity index (χ2n) is 4.21. The summed E-state index contributed by atoms with van der Waals surface area (Å²) in [5.74, 6) is -0.256. The summed E-state index contributed by atoms with van der Waals surface area (Å²) in [5.41, 5.74) is -0.799. The summed E-state index contributed by atoms with van der Waals surface area (Å²) >= 11 is 1.46. The first kappa shape index (κ1) is 12.4. The molecule has 2 rings (SSSR count). The van der Waals surface area contributed by atoms with Crippen LogP contribution in [-0.4, -0.2) is 39.1 Å². The Morgan fingerprint density at radius 2 is 2.41 bits per heavy atom. The van der Waals surface area contributed by atoms with Crippen LogP contribution in [-0.2, 0) is 4.79 Å². The quantitative estimate of drug-likeness (QED) is 0.833.